The second-order valence-corrected chi connectivity index (χ2v) is 7.86. The maximum Gasteiger partial charge on any atom is 0.194 e. The van der Waals surface area contributed by atoms with Crippen LogP contribution in [0, 0.1) is 0 Å². The summed E-state index contributed by atoms with van der Waals surface area (Å²) in [7, 11) is 1.72. The van der Waals surface area contributed by atoms with Crippen molar-refractivity contribution in [2.45, 2.75) is 13.0 Å². The number of ether oxygens (including phenoxy) is 1. The molecule has 4 fully saturated rings. The molecule has 1 aromatic rings. The predicted molar refractivity (Wildman–Crippen MR) is 130 cm³/mol. The van der Waals surface area contributed by atoms with E-state index in [1.165, 1.54) is 38.4 Å². The lowest BCUT2D eigenvalue weighted by atomic mass is 10.1. The number of aliphatic imine (C=N–C) groups is 1. The third-order valence-corrected chi connectivity index (χ3v) is 6.18. The first-order valence-electron chi connectivity index (χ1n) is 10.7. The number of benzene rings is 1. The minimum absolute atomic E-state index is 0. The molecule has 1 N–H and O–H groups in total. The summed E-state index contributed by atoms with van der Waals surface area (Å²) in [6, 6.07) is 8.93. The summed E-state index contributed by atoms with van der Waals surface area (Å²) in [6.07, 6.45) is 0. The fraction of sp³-hybridized carbons (Fsp3) is 0.667. The first-order valence-corrected chi connectivity index (χ1v) is 10.7. The minimum Gasteiger partial charge on any atom is -0.497 e. The van der Waals surface area contributed by atoms with Gasteiger partial charge in [-0.3, -0.25) is 14.8 Å². The molecular formula is C21H35IN6O. The molecule has 1 unspecified atom stereocenters. The number of halogens is 1. The second-order valence-electron chi connectivity index (χ2n) is 7.86. The number of fused-ring (bicyclic) bond motifs is 3. The Labute approximate surface area is 192 Å². The van der Waals surface area contributed by atoms with Crippen LogP contribution < -0.4 is 15.0 Å². The summed E-state index contributed by atoms with van der Waals surface area (Å²) in [6.45, 7) is 14.0. The molecule has 4 saturated heterocycles. The van der Waals surface area contributed by atoms with Crippen LogP contribution in [0.25, 0.3) is 0 Å². The number of nitrogens with zero attached hydrogens (tertiary/aromatic N) is 5. The van der Waals surface area contributed by atoms with Gasteiger partial charge in [0.25, 0.3) is 0 Å². The molecule has 0 amide bonds. The van der Waals surface area contributed by atoms with Crippen molar-refractivity contribution in [1.82, 2.24) is 20.0 Å². The van der Waals surface area contributed by atoms with Crippen molar-refractivity contribution in [3.8, 4) is 5.75 Å². The number of hydrogen-bond donors (Lipinski definition) is 1. The number of methoxy groups -OCH3 is 1. The SMILES string of the molecule is CCNC(=NCC1CN2CCN1CC2)N1CCN(c2cccc(OC)c2)CC1.I. The summed E-state index contributed by atoms with van der Waals surface area (Å²) in [5.41, 5.74) is 1.24. The van der Waals surface area contributed by atoms with Crippen molar-refractivity contribution in [2.75, 3.05) is 84.0 Å². The van der Waals surface area contributed by atoms with Crippen molar-refractivity contribution in [3.63, 3.8) is 0 Å². The molecule has 0 radical (unpaired) electrons. The third kappa shape index (κ3) is 5.46. The predicted octanol–water partition coefficient (Wildman–Crippen LogP) is 1.40. The van der Waals surface area contributed by atoms with Gasteiger partial charge < -0.3 is 19.9 Å². The standard InChI is InChI=1S/C21H34N6O.HI/c1-3-22-21(23-16-19-17-24-7-9-26(19)10-8-24)27-13-11-25(12-14-27)18-5-4-6-20(15-18)28-2;/h4-6,15,19H,3,7-14,16-17H2,1-2H3,(H,22,23);1H. The minimum atomic E-state index is 0. The number of nitrogens with one attached hydrogen (secondary N) is 1. The van der Waals surface area contributed by atoms with Gasteiger partial charge in [-0.25, -0.2) is 0 Å². The van der Waals surface area contributed by atoms with E-state index >= 15 is 0 Å². The topological polar surface area (TPSA) is 46.6 Å². The lowest BCUT2D eigenvalue weighted by Gasteiger charge is -2.47. The molecule has 8 heteroatoms. The molecule has 4 heterocycles. The summed E-state index contributed by atoms with van der Waals surface area (Å²) in [5, 5.41) is 3.51. The molecule has 2 bridgehead atoms. The molecule has 7 nitrogen and oxygen atoms in total. The van der Waals surface area contributed by atoms with Crippen LogP contribution >= 0.6 is 24.0 Å². The molecular weight excluding hydrogens is 479 g/mol. The highest BCUT2D eigenvalue weighted by Crippen LogP contribution is 2.22. The van der Waals surface area contributed by atoms with E-state index < -0.39 is 0 Å². The van der Waals surface area contributed by atoms with Crippen molar-refractivity contribution in [2.24, 2.45) is 4.99 Å². The Bertz CT molecular complexity index is 671. The number of anilines is 1. The Hall–Kier alpha value is -1.26. The van der Waals surface area contributed by atoms with Gasteiger partial charge in [0.15, 0.2) is 5.96 Å². The monoisotopic (exact) mass is 514 g/mol. The van der Waals surface area contributed by atoms with Crippen LogP contribution in [0.4, 0.5) is 5.69 Å². The Kier molecular flexibility index (Phi) is 8.25. The van der Waals surface area contributed by atoms with E-state index in [2.05, 4.69) is 50.0 Å². The largest absolute Gasteiger partial charge is 0.497 e. The Morgan fingerprint density at radius 3 is 2.48 bits per heavy atom. The molecule has 0 spiro atoms. The Morgan fingerprint density at radius 2 is 1.86 bits per heavy atom. The lowest BCUT2D eigenvalue weighted by molar-refractivity contribution is 0.0173. The molecule has 0 aromatic heterocycles. The average molecular weight is 514 g/mol. The van der Waals surface area contributed by atoms with Crippen LogP contribution in [0.15, 0.2) is 29.3 Å². The highest BCUT2D eigenvalue weighted by Gasteiger charge is 2.31. The fourth-order valence-electron chi connectivity index (χ4n) is 4.50. The summed E-state index contributed by atoms with van der Waals surface area (Å²) >= 11 is 0. The second kappa shape index (κ2) is 10.7. The molecule has 1 aromatic carbocycles. The third-order valence-electron chi connectivity index (χ3n) is 6.18. The van der Waals surface area contributed by atoms with Crippen LogP contribution in [-0.4, -0.2) is 106 Å². The summed E-state index contributed by atoms with van der Waals surface area (Å²) in [5.74, 6) is 1.99. The van der Waals surface area contributed by atoms with Crippen molar-refractivity contribution >= 4 is 35.6 Å². The number of rotatable bonds is 5. The molecule has 162 valence electrons. The fourth-order valence-corrected chi connectivity index (χ4v) is 4.50. The quantitative estimate of drug-likeness (QED) is 0.365. The van der Waals surface area contributed by atoms with Crippen LogP contribution in [-0.2, 0) is 0 Å². The van der Waals surface area contributed by atoms with Crippen LogP contribution in [0.5, 0.6) is 5.75 Å². The maximum atomic E-state index is 5.37. The van der Waals surface area contributed by atoms with Gasteiger partial charge in [-0.05, 0) is 19.1 Å². The first kappa shape index (κ1) is 22.4. The summed E-state index contributed by atoms with van der Waals surface area (Å²) < 4.78 is 5.37. The van der Waals surface area contributed by atoms with Crippen LogP contribution in [0.2, 0.25) is 0 Å². The van der Waals surface area contributed by atoms with Gasteiger partial charge in [0.05, 0.1) is 13.7 Å². The molecule has 4 aliphatic heterocycles. The molecule has 5 rings (SSSR count). The highest BCUT2D eigenvalue weighted by atomic mass is 127. The van der Waals surface area contributed by atoms with E-state index in [1.807, 2.05) is 6.07 Å². The maximum absolute atomic E-state index is 5.37. The van der Waals surface area contributed by atoms with Gasteiger partial charge in [-0.1, -0.05) is 6.07 Å². The molecule has 0 saturated carbocycles. The van der Waals surface area contributed by atoms with Crippen molar-refractivity contribution in [3.05, 3.63) is 24.3 Å². The van der Waals surface area contributed by atoms with Gasteiger partial charge in [-0.15, -0.1) is 24.0 Å². The molecule has 4 aliphatic rings. The zero-order valence-corrected chi connectivity index (χ0v) is 20.0. The van der Waals surface area contributed by atoms with Gasteiger partial charge in [0.1, 0.15) is 5.75 Å². The van der Waals surface area contributed by atoms with Gasteiger partial charge in [-0.2, -0.15) is 0 Å². The molecule has 1 atom stereocenters. The van der Waals surface area contributed by atoms with E-state index in [0.717, 1.165) is 51.0 Å². The van der Waals surface area contributed by atoms with Gasteiger partial charge >= 0.3 is 0 Å². The Morgan fingerprint density at radius 1 is 1.10 bits per heavy atom. The first-order chi connectivity index (χ1) is 13.8. The Balaban J connectivity index is 0.00000240. The normalized spacial score (nSPS) is 26.8. The van der Waals surface area contributed by atoms with E-state index in [1.54, 1.807) is 7.11 Å². The molecule has 0 aliphatic carbocycles. The van der Waals surface area contributed by atoms with Gasteiger partial charge in [0, 0.05) is 83.2 Å². The summed E-state index contributed by atoms with van der Waals surface area (Å²) in [4.78, 5) is 15.1. The van der Waals surface area contributed by atoms with E-state index in [-0.39, 0.29) is 24.0 Å². The number of guanidine groups is 1. The van der Waals surface area contributed by atoms with Crippen molar-refractivity contribution in [1.29, 1.82) is 0 Å². The number of hydrogen-bond acceptors (Lipinski definition) is 5. The van der Waals surface area contributed by atoms with E-state index in [0.29, 0.717) is 6.04 Å². The lowest BCUT2D eigenvalue weighted by Crippen LogP contribution is -2.62. The van der Waals surface area contributed by atoms with Gasteiger partial charge in [0.2, 0.25) is 0 Å². The van der Waals surface area contributed by atoms with Crippen LogP contribution in [0.1, 0.15) is 6.92 Å². The van der Waals surface area contributed by atoms with Crippen LogP contribution in [0.3, 0.4) is 0 Å². The van der Waals surface area contributed by atoms with E-state index in [4.69, 9.17) is 9.73 Å². The van der Waals surface area contributed by atoms with E-state index in [9.17, 15) is 0 Å². The average Bonchev–Trinajstić information content (AvgIpc) is 2.77. The number of piperazine rings is 4. The molecule has 29 heavy (non-hydrogen) atoms. The zero-order valence-electron chi connectivity index (χ0n) is 17.7. The zero-order chi connectivity index (χ0) is 19.3. The highest BCUT2D eigenvalue weighted by molar-refractivity contribution is 14.0. The van der Waals surface area contributed by atoms with Crippen molar-refractivity contribution < 1.29 is 4.74 Å². The smallest absolute Gasteiger partial charge is 0.194 e.